The minimum Gasteiger partial charge on any atom is -0.357 e. The molecule has 1 saturated heterocycles. The van der Waals surface area contributed by atoms with Crippen LogP contribution in [-0.2, 0) is 10.0 Å². The van der Waals surface area contributed by atoms with Crippen LogP contribution >= 0.6 is 24.0 Å². The molecular weight excluding hydrogens is 453 g/mol. The summed E-state index contributed by atoms with van der Waals surface area (Å²) in [6, 6.07) is 0. The number of halogens is 1. The highest BCUT2D eigenvalue weighted by Crippen LogP contribution is 2.07. The Morgan fingerprint density at radius 3 is 2.28 bits per heavy atom. The van der Waals surface area contributed by atoms with Crippen LogP contribution in [0, 0.1) is 0 Å². The van der Waals surface area contributed by atoms with Gasteiger partial charge in [0.1, 0.15) is 0 Å². The second-order valence-corrected chi connectivity index (χ2v) is 8.08. The van der Waals surface area contributed by atoms with Crippen molar-refractivity contribution in [2.75, 3.05) is 58.1 Å². The molecule has 7 nitrogen and oxygen atoms in total. The van der Waals surface area contributed by atoms with Gasteiger partial charge in [-0.2, -0.15) is 0 Å². The van der Waals surface area contributed by atoms with Crippen LogP contribution in [0.15, 0.2) is 4.99 Å². The van der Waals surface area contributed by atoms with E-state index >= 15 is 0 Å². The predicted molar refractivity (Wildman–Crippen MR) is 116 cm³/mol. The first-order chi connectivity index (χ1) is 11.5. The molecule has 0 saturated carbocycles. The average Bonchev–Trinajstić information content (AvgIpc) is 2.56. The second-order valence-electron chi connectivity index (χ2n) is 5.99. The van der Waals surface area contributed by atoms with E-state index in [0.29, 0.717) is 25.6 Å². The van der Waals surface area contributed by atoms with Gasteiger partial charge in [-0.05, 0) is 32.9 Å². The van der Waals surface area contributed by atoms with Crippen LogP contribution in [0.1, 0.15) is 40.0 Å². The van der Waals surface area contributed by atoms with E-state index in [2.05, 4.69) is 20.5 Å². The largest absolute Gasteiger partial charge is 0.357 e. The SMILES string of the molecule is CCNC(=NCCN1CCCCC1)NCCS(=O)(=O)N(CC)CC.I. The van der Waals surface area contributed by atoms with Crippen molar-refractivity contribution in [1.29, 1.82) is 0 Å². The summed E-state index contributed by atoms with van der Waals surface area (Å²) >= 11 is 0. The number of aliphatic imine (C=N–C) groups is 1. The molecule has 0 spiro atoms. The summed E-state index contributed by atoms with van der Waals surface area (Å²) in [5, 5.41) is 6.31. The lowest BCUT2D eigenvalue weighted by molar-refractivity contribution is 0.235. The van der Waals surface area contributed by atoms with Gasteiger partial charge in [0.05, 0.1) is 12.3 Å². The summed E-state index contributed by atoms with van der Waals surface area (Å²) in [6.07, 6.45) is 3.90. The van der Waals surface area contributed by atoms with E-state index in [9.17, 15) is 8.42 Å². The van der Waals surface area contributed by atoms with E-state index in [-0.39, 0.29) is 29.7 Å². The van der Waals surface area contributed by atoms with Gasteiger partial charge in [-0.3, -0.25) is 4.99 Å². The quantitative estimate of drug-likeness (QED) is 0.275. The normalized spacial score (nSPS) is 16.6. The Balaban J connectivity index is 0.00000576. The topological polar surface area (TPSA) is 77.0 Å². The van der Waals surface area contributed by atoms with Crippen molar-refractivity contribution in [3.63, 3.8) is 0 Å². The van der Waals surface area contributed by atoms with E-state index in [4.69, 9.17) is 0 Å². The Bertz CT molecular complexity index is 463. The van der Waals surface area contributed by atoms with Crippen molar-refractivity contribution < 1.29 is 8.42 Å². The summed E-state index contributed by atoms with van der Waals surface area (Å²) in [5.74, 6) is 0.787. The van der Waals surface area contributed by atoms with Gasteiger partial charge in [-0.25, -0.2) is 12.7 Å². The van der Waals surface area contributed by atoms with Gasteiger partial charge in [0.2, 0.25) is 10.0 Å². The average molecular weight is 489 g/mol. The van der Waals surface area contributed by atoms with Crippen molar-refractivity contribution in [1.82, 2.24) is 19.8 Å². The van der Waals surface area contributed by atoms with Gasteiger partial charge in [0, 0.05) is 32.7 Å². The molecule has 1 fully saturated rings. The molecule has 1 rings (SSSR count). The molecule has 1 aliphatic heterocycles. The number of likely N-dealkylation sites (tertiary alicyclic amines) is 1. The van der Waals surface area contributed by atoms with E-state index in [1.54, 1.807) is 0 Å². The second kappa shape index (κ2) is 14.0. The summed E-state index contributed by atoms with van der Waals surface area (Å²) < 4.78 is 25.8. The monoisotopic (exact) mass is 489 g/mol. The van der Waals surface area contributed by atoms with Crippen LogP contribution in [-0.4, -0.2) is 81.7 Å². The number of sulfonamides is 1. The van der Waals surface area contributed by atoms with Crippen molar-refractivity contribution in [2.24, 2.45) is 4.99 Å². The molecule has 0 aromatic heterocycles. The van der Waals surface area contributed by atoms with E-state index in [0.717, 1.165) is 19.6 Å². The number of piperidine rings is 1. The highest BCUT2D eigenvalue weighted by atomic mass is 127. The highest BCUT2D eigenvalue weighted by molar-refractivity contribution is 14.0. The van der Waals surface area contributed by atoms with Crippen LogP contribution in [0.4, 0.5) is 0 Å². The Hall–Kier alpha value is -0.130. The molecule has 2 N–H and O–H groups in total. The standard InChI is InChI=1S/C16H35N5O2S.HI/c1-4-17-16(18-10-14-20-12-8-7-9-13-20)19-11-15-24(22,23)21(5-2)6-3;/h4-15H2,1-3H3,(H2,17,18,19);1H. The molecule has 25 heavy (non-hydrogen) atoms. The molecule has 0 atom stereocenters. The molecule has 150 valence electrons. The number of rotatable bonds is 10. The molecule has 0 amide bonds. The van der Waals surface area contributed by atoms with Crippen molar-refractivity contribution >= 4 is 40.0 Å². The molecule has 0 radical (unpaired) electrons. The third-order valence-corrected chi connectivity index (χ3v) is 6.25. The zero-order valence-corrected chi connectivity index (χ0v) is 19.1. The fourth-order valence-electron chi connectivity index (χ4n) is 2.87. The Morgan fingerprint density at radius 1 is 1.08 bits per heavy atom. The molecule has 0 aromatic carbocycles. The van der Waals surface area contributed by atoms with Crippen molar-refractivity contribution in [3.8, 4) is 0 Å². The smallest absolute Gasteiger partial charge is 0.215 e. The predicted octanol–water partition coefficient (Wildman–Crippen LogP) is 1.32. The number of hydrogen-bond acceptors (Lipinski definition) is 4. The number of hydrogen-bond donors (Lipinski definition) is 2. The van der Waals surface area contributed by atoms with Gasteiger partial charge in [0.15, 0.2) is 5.96 Å². The maximum atomic E-state index is 12.2. The summed E-state index contributed by atoms with van der Waals surface area (Å²) in [7, 11) is -3.19. The Labute approximate surface area is 171 Å². The maximum absolute atomic E-state index is 12.2. The van der Waals surface area contributed by atoms with Crippen molar-refractivity contribution in [2.45, 2.75) is 40.0 Å². The third-order valence-electron chi connectivity index (χ3n) is 4.23. The lowest BCUT2D eigenvalue weighted by Gasteiger charge is -2.25. The first-order valence-corrected chi connectivity index (χ1v) is 10.9. The third kappa shape index (κ3) is 9.95. The molecular formula is C16H36IN5O2S. The molecule has 0 aliphatic carbocycles. The number of nitrogens with zero attached hydrogens (tertiary/aromatic N) is 3. The van der Waals surface area contributed by atoms with E-state index in [1.807, 2.05) is 20.8 Å². The zero-order chi connectivity index (χ0) is 17.8. The first kappa shape index (κ1) is 24.9. The van der Waals surface area contributed by atoms with Crippen LogP contribution in [0.5, 0.6) is 0 Å². The first-order valence-electron chi connectivity index (χ1n) is 9.25. The number of guanidine groups is 1. The van der Waals surface area contributed by atoms with Crippen LogP contribution in [0.2, 0.25) is 0 Å². The van der Waals surface area contributed by atoms with E-state index < -0.39 is 10.0 Å². The fourth-order valence-corrected chi connectivity index (χ4v) is 4.28. The minimum atomic E-state index is -3.19. The fraction of sp³-hybridized carbons (Fsp3) is 0.938. The molecule has 0 bridgehead atoms. The van der Waals surface area contributed by atoms with Gasteiger partial charge >= 0.3 is 0 Å². The summed E-state index contributed by atoms with van der Waals surface area (Å²) in [5.41, 5.74) is 0. The molecule has 0 unspecified atom stereocenters. The van der Waals surface area contributed by atoms with Gasteiger partial charge < -0.3 is 15.5 Å². The minimum absolute atomic E-state index is 0. The van der Waals surface area contributed by atoms with Crippen LogP contribution < -0.4 is 10.6 Å². The van der Waals surface area contributed by atoms with Crippen LogP contribution in [0.3, 0.4) is 0 Å². The van der Waals surface area contributed by atoms with Crippen LogP contribution in [0.25, 0.3) is 0 Å². The summed E-state index contributed by atoms with van der Waals surface area (Å²) in [4.78, 5) is 7.00. The molecule has 9 heteroatoms. The van der Waals surface area contributed by atoms with Gasteiger partial charge in [-0.15, -0.1) is 24.0 Å². The molecule has 0 aromatic rings. The van der Waals surface area contributed by atoms with Crippen molar-refractivity contribution in [3.05, 3.63) is 0 Å². The highest BCUT2D eigenvalue weighted by Gasteiger charge is 2.18. The van der Waals surface area contributed by atoms with E-state index in [1.165, 1.54) is 36.7 Å². The lowest BCUT2D eigenvalue weighted by atomic mass is 10.1. The Kier molecular flexibility index (Phi) is 13.9. The lowest BCUT2D eigenvalue weighted by Crippen LogP contribution is -2.42. The summed E-state index contributed by atoms with van der Waals surface area (Å²) in [6.45, 7) is 11.9. The Morgan fingerprint density at radius 2 is 1.72 bits per heavy atom. The van der Waals surface area contributed by atoms with Gasteiger partial charge in [-0.1, -0.05) is 20.3 Å². The maximum Gasteiger partial charge on any atom is 0.215 e. The zero-order valence-electron chi connectivity index (χ0n) is 16.0. The number of nitrogens with one attached hydrogen (secondary N) is 2. The molecule has 1 aliphatic rings. The van der Waals surface area contributed by atoms with Gasteiger partial charge in [0.25, 0.3) is 0 Å². The molecule has 1 heterocycles.